The molecule has 7 heteroatoms. The lowest BCUT2D eigenvalue weighted by molar-refractivity contribution is 0.601. The lowest BCUT2D eigenvalue weighted by Gasteiger charge is -2.10. The summed E-state index contributed by atoms with van der Waals surface area (Å²) in [6, 6.07) is 6.72. The molecule has 0 spiro atoms. The van der Waals surface area contributed by atoms with Crippen LogP contribution in [0.5, 0.6) is 0 Å². The third-order valence-electron chi connectivity index (χ3n) is 2.32. The minimum absolute atomic E-state index is 0.0469. The van der Waals surface area contributed by atoms with Gasteiger partial charge in [-0.05, 0) is 36.8 Å². The molecule has 19 heavy (non-hydrogen) atoms. The predicted molar refractivity (Wildman–Crippen MR) is 78.9 cm³/mol. The fourth-order valence-corrected chi connectivity index (χ4v) is 3.65. The van der Waals surface area contributed by atoms with Gasteiger partial charge in [0.25, 0.3) is 10.0 Å². The molecule has 0 unspecified atom stereocenters. The van der Waals surface area contributed by atoms with Crippen molar-refractivity contribution < 1.29 is 8.42 Å². The highest BCUT2D eigenvalue weighted by Crippen LogP contribution is 2.25. The predicted octanol–water partition coefficient (Wildman–Crippen LogP) is 3.61. The molecular formula is C12H10BrClN2O2S. The van der Waals surface area contributed by atoms with Crippen LogP contribution in [0, 0.1) is 6.92 Å². The standard InChI is InChI=1S/C12H10BrClN2O2S/c1-8-4-9(13)6-10(5-8)16-19(17,18)12-7-15-3-2-11(12)14/h2-7,16H,1H3. The zero-order valence-corrected chi connectivity index (χ0v) is 13.1. The first-order chi connectivity index (χ1) is 8.88. The van der Waals surface area contributed by atoms with E-state index in [-0.39, 0.29) is 9.92 Å². The maximum absolute atomic E-state index is 12.2. The van der Waals surface area contributed by atoms with E-state index in [0.29, 0.717) is 5.69 Å². The van der Waals surface area contributed by atoms with Crippen molar-refractivity contribution in [2.75, 3.05) is 4.72 Å². The van der Waals surface area contributed by atoms with Gasteiger partial charge in [-0.1, -0.05) is 27.5 Å². The van der Waals surface area contributed by atoms with Crippen LogP contribution in [-0.4, -0.2) is 13.4 Å². The molecule has 1 heterocycles. The summed E-state index contributed by atoms with van der Waals surface area (Å²) in [7, 11) is -3.74. The molecule has 1 aromatic carbocycles. The lowest BCUT2D eigenvalue weighted by Crippen LogP contribution is -2.13. The van der Waals surface area contributed by atoms with Crippen molar-refractivity contribution in [3.8, 4) is 0 Å². The minimum Gasteiger partial charge on any atom is -0.279 e. The van der Waals surface area contributed by atoms with E-state index in [1.54, 1.807) is 12.1 Å². The third kappa shape index (κ3) is 3.46. The van der Waals surface area contributed by atoms with E-state index >= 15 is 0 Å². The monoisotopic (exact) mass is 360 g/mol. The summed E-state index contributed by atoms with van der Waals surface area (Å²) in [6.45, 7) is 1.87. The number of aromatic nitrogens is 1. The smallest absolute Gasteiger partial charge is 0.264 e. The zero-order chi connectivity index (χ0) is 14.0. The van der Waals surface area contributed by atoms with E-state index in [9.17, 15) is 8.42 Å². The molecule has 0 amide bonds. The fourth-order valence-electron chi connectivity index (χ4n) is 1.57. The fraction of sp³-hybridized carbons (Fsp3) is 0.0833. The quantitative estimate of drug-likeness (QED) is 0.908. The molecule has 0 atom stereocenters. The van der Waals surface area contributed by atoms with Crippen LogP contribution in [0.25, 0.3) is 0 Å². The summed E-state index contributed by atoms with van der Waals surface area (Å²) >= 11 is 9.19. The van der Waals surface area contributed by atoms with Crippen molar-refractivity contribution in [1.82, 2.24) is 4.98 Å². The van der Waals surface area contributed by atoms with Gasteiger partial charge in [-0.3, -0.25) is 9.71 Å². The van der Waals surface area contributed by atoms with Crippen molar-refractivity contribution in [3.63, 3.8) is 0 Å². The molecule has 4 nitrogen and oxygen atoms in total. The first-order valence-corrected chi connectivity index (χ1v) is 7.93. The first-order valence-electron chi connectivity index (χ1n) is 5.28. The van der Waals surface area contributed by atoms with Crippen LogP contribution in [-0.2, 0) is 10.0 Å². The van der Waals surface area contributed by atoms with Crippen LogP contribution >= 0.6 is 27.5 Å². The molecule has 0 fully saturated rings. The maximum Gasteiger partial charge on any atom is 0.264 e. The van der Waals surface area contributed by atoms with Crippen LogP contribution in [0.4, 0.5) is 5.69 Å². The Hall–Kier alpha value is -1.11. The lowest BCUT2D eigenvalue weighted by atomic mass is 10.2. The van der Waals surface area contributed by atoms with Gasteiger partial charge >= 0.3 is 0 Å². The summed E-state index contributed by atoms with van der Waals surface area (Å²) in [5.74, 6) is 0. The van der Waals surface area contributed by atoms with E-state index in [1.165, 1.54) is 18.5 Å². The highest BCUT2D eigenvalue weighted by atomic mass is 79.9. The number of hydrogen-bond donors (Lipinski definition) is 1. The number of pyridine rings is 1. The highest BCUT2D eigenvalue weighted by Gasteiger charge is 2.18. The topological polar surface area (TPSA) is 59.1 Å². The van der Waals surface area contributed by atoms with Crippen LogP contribution in [0.1, 0.15) is 5.56 Å². The summed E-state index contributed by atoms with van der Waals surface area (Å²) < 4.78 is 27.7. The van der Waals surface area contributed by atoms with Crippen molar-refractivity contribution in [1.29, 1.82) is 0 Å². The molecule has 0 saturated carbocycles. The number of benzene rings is 1. The van der Waals surface area contributed by atoms with Crippen LogP contribution < -0.4 is 4.72 Å². The second kappa shape index (κ2) is 5.48. The first kappa shape index (κ1) is 14.3. The van der Waals surface area contributed by atoms with Gasteiger partial charge in [-0.15, -0.1) is 0 Å². The van der Waals surface area contributed by atoms with Gasteiger partial charge in [0, 0.05) is 16.9 Å². The van der Waals surface area contributed by atoms with Crippen LogP contribution in [0.3, 0.4) is 0 Å². The Morgan fingerprint density at radius 3 is 2.68 bits per heavy atom. The Morgan fingerprint density at radius 1 is 1.32 bits per heavy atom. The number of rotatable bonds is 3. The summed E-state index contributed by atoms with van der Waals surface area (Å²) in [5, 5.41) is 0.134. The van der Waals surface area contributed by atoms with Crippen LogP contribution in [0.15, 0.2) is 46.0 Å². The second-order valence-corrected chi connectivity index (χ2v) is 6.90. The zero-order valence-electron chi connectivity index (χ0n) is 9.89. The van der Waals surface area contributed by atoms with Gasteiger partial charge in [0.2, 0.25) is 0 Å². The van der Waals surface area contributed by atoms with E-state index < -0.39 is 10.0 Å². The number of nitrogens with zero attached hydrogens (tertiary/aromatic N) is 1. The molecule has 2 rings (SSSR count). The summed E-state index contributed by atoms with van der Waals surface area (Å²) in [4.78, 5) is 3.73. The largest absolute Gasteiger partial charge is 0.279 e. The summed E-state index contributed by atoms with van der Waals surface area (Å²) in [5.41, 5.74) is 1.40. The van der Waals surface area contributed by atoms with Gasteiger partial charge in [0.1, 0.15) is 4.90 Å². The van der Waals surface area contributed by atoms with Gasteiger partial charge < -0.3 is 0 Å². The number of anilines is 1. The minimum atomic E-state index is -3.74. The normalized spacial score (nSPS) is 11.3. The molecular weight excluding hydrogens is 352 g/mol. The maximum atomic E-state index is 12.2. The Labute approximate surface area is 125 Å². The average Bonchev–Trinajstić information content (AvgIpc) is 2.26. The number of hydrogen-bond acceptors (Lipinski definition) is 3. The highest BCUT2D eigenvalue weighted by molar-refractivity contribution is 9.10. The van der Waals surface area contributed by atoms with Crippen molar-refractivity contribution in [3.05, 3.63) is 51.7 Å². The molecule has 0 aliphatic heterocycles. The molecule has 2 aromatic rings. The van der Waals surface area contributed by atoms with E-state index in [1.807, 2.05) is 13.0 Å². The summed E-state index contributed by atoms with van der Waals surface area (Å²) in [6.07, 6.45) is 2.65. The van der Waals surface area contributed by atoms with Gasteiger partial charge in [-0.25, -0.2) is 8.42 Å². The molecule has 0 bridgehead atoms. The van der Waals surface area contributed by atoms with Gasteiger partial charge in [0.05, 0.1) is 10.7 Å². The molecule has 0 aliphatic carbocycles. The molecule has 0 radical (unpaired) electrons. The van der Waals surface area contributed by atoms with E-state index in [0.717, 1.165) is 10.0 Å². The Bertz CT molecular complexity index is 699. The molecule has 0 saturated heterocycles. The third-order valence-corrected chi connectivity index (χ3v) is 4.63. The van der Waals surface area contributed by atoms with E-state index in [4.69, 9.17) is 11.6 Å². The van der Waals surface area contributed by atoms with Crippen molar-refractivity contribution in [2.45, 2.75) is 11.8 Å². The molecule has 100 valence electrons. The number of nitrogens with one attached hydrogen (secondary N) is 1. The second-order valence-electron chi connectivity index (χ2n) is 3.93. The molecule has 1 N–H and O–H groups in total. The number of aryl methyl sites for hydroxylation is 1. The van der Waals surface area contributed by atoms with Crippen molar-refractivity contribution >= 4 is 43.2 Å². The van der Waals surface area contributed by atoms with Gasteiger partial charge in [0.15, 0.2) is 0 Å². The molecule has 1 aromatic heterocycles. The number of sulfonamides is 1. The SMILES string of the molecule is Cc1cc(Br)cc(NS(=O)(=O)c2cnccc2Cl)c1. The van der Waals surface area contributed by atoms with Crippen molar-refractivity contribution in [2.24, 2.45) is 0 Å². The van der Waals surface area contributed by atoms with E-state index in [2.05, 4.69) is 25.6 Å². The van der Waals surface area contributed by atoms with Crippen LogP contribution in [0.2, 0.25) is 5.02 Å². The number of halogens is 2. The Kier molecular flexibility index (Phi) is 4.13. The van der Waals surface area contributed by atoms with Gasteiger partial charge in [-0.2, -0.15) is 0 Å². The average molecular weight is 362 g/mol. The molecule has 0 aliphatic rings. The Morgan fingerprint density at radius 2 is 2.05 bits per heavy atom. The Balaban J connectivity index is 2.39.